The number of rotatable bonds is 6. The topological polar surface area (TPSA) is 89.3 Å². The Balaban J connectivity index is 1.91. The second-order valence-electron chi connectivity index (χ2n) is 7.24. The molecule has 2 aromatic carbocycles. The van der Waals surface area contributed by atoms with E-state index >= 15 is 0 Å². The highest BCUT2D eigenvalue weighted by molar-refractivity contribution is 8.01. The molecule has 2 heterocycles. The summed E-state index contributed by atoms with van der Waals surface area (Å²) < 4.78 is 27.7. The molecule has 160 valence electrons. The lowest BCUT2D eigenvalue weighted by Gasteiger charge is -2.08. The summed E-state index contributed by atoms with van der Waals surface area (Å²) in [5.74, 6) is -0.987. The Morgan fingerprint density at radius 2 is 1.87 bits per heavy atom. The van der Waals surface area contributed by atoms with Crippen LogP contribution in [0.3, 0.4) is 0 Å². The Morgan fingerprint density at radius 3 is 2.52 bits per heavy atom. The van der Waals surface area contributed by atoms with Gasteiger partial charge in [-0.25, -0.2) is 13.4 Å². The Labute approximate surface area is 188 Å². The van der Waals surface area contributed by atoms with Gasteiger partial charge in [0.2, 0.25) is 0 Å². The molecule has 0 unspecified atom stereocenters. The molecule has 0 fully saturated rings. The van der Waals surface area contributed by atoms with Crippen LogP contribution in [0.15, 0.2) is 62.0 Å². The molecular formula is C22H20N2O4S3. The van der Waals surface area contributed by atoms with Gasteiger partial charge in [0, 0.05) is 33.2 Å². The number of hydrogen-bond donors (Lipinski definition) is 1. The van der Waals surface area contributed by atoms with Gasteiger partial charge in [0.1, 0.15) is 6.54 Å². The standard InChI is InChI=1S/C22H20N2O4S3/c1-13-9-10-17-19(21(13)31(3,27)28)20(14(2)24(17)11-18(25)26)30-22-23-16(12-29-22)15-7-5-4-6-8-15/h4-10,12H,11H2,1-3H3,(H,25,26). The van der Waals surface area contributed by atoms with Crippen molar-refractivity contribution in [3.63, 3.8) is 0 Å². The minimum absolute atomic E-state index is 0.236. The first-order valence-electron chi connectivity index (χ1n) is 9.40. The van der Waals surface area contributed by atoms with E-state index in [0.717, 1.165) is 15.6 Å². The average molecular weight is 473 g/mol. The van der Waals surface area contributed by atoms with E-state index in [9.17, 15) is 18.3 Å². The van der Waals surface area contributed by atoms with Gasteiger partial charge in [-0.3, -0.25) is 4.79 Å². The molecular weight excluding hydrogens is 452 g/mol. The van der Waals surface area contributed by atoms with Crippen molar-refractivity contribution in [3.8, 4) is 11.3 Å². The first-order valence-corrected chi connectivity index (χ1v) is 13.0. The van der Waals surface area contributed by atoms with Gasteiger partial charge in [-0.05, 0) is 25.5 Å². The lowest BCUT2D eigenvalue weighted by molar-refractivity contribution is -0.137. The number of carboxylic acids is 1. The van der Waals surface area contributed by atoms with Crippen LogP contribution in [0.1, 0.15) is 11.3 Å². The van der Waals surface area contributed by atoms with E-state index in [1.165, 1.54) is 29.4 Å². The molecule has 0 aliphatic rings. The summed E-state index contributed by atoms with van der Waals surface area (Å²) in [4.78, 5) is 17.2. The molecule has 0 atom stereocenters. The predicted octanol–water partition coefficient (Wildman–Crippen LogP) is 5.02. The van der Waals surface area contributed by atoms with Gasteiger partial charge in [0.15, 0.2) is 14.2 Å². The zero-order valence-corrected chi connectivity index (χ0v) is 19.6. The van der Waals surface area contributed by atoms with Crippen LogP contribution in [0.2, 0.25) is 0 Å². The smallest absolute Gasteiger partial charge is 0.323 e. The second kappa shape index (κ2) is 8.14. The van der Waals surface area contributed by atoms with Crippen LogP contribution in [0.25, 0.3) is 22.2 Å². The van der Waals surface area contributed by atoms with Gasteiger partial charge < -0.3 is 9.67 Å². The number of carboxylic acid groups (broad SMARTS) is 1. The Morgan fingerprint density at radius 1 is 1.16 bits per heavy atom. The number of benzene rings is 2. The molecule has 0 spiro atoms. The molecule has 31 heavy (non-hydrogen) atoms. The van der Waals surface area contributed by atoms with Crippen molar-refractivity contribution in [2.24, 2.45) is 0 Å². The molecule has 6 nitrogen and oxygen atoms in total. The van der Waals surface area contributed by atoms with Gasteiger partial charge in [0.05, 0.1) is 16.1 Å². The van der Waals surface area contributed by atoms with Crippen molar-refractivity contribution < 1.29 is 18.3 Å². The van der Waals surface area contributed by atoms with Gasteiger partial charge >= 0.3 is 5.97 Å². The fourth-order valence-electron chi connectivity index (χ4n) is 3.68. The fraction of sp³-hybridized carbons (Fsp3) is 0.182. The van der Waals surface area contributed by atoms with Gasteiger partial charge in [0.25, 0.3) is 0 Å². The van der Waals surface area contributed by atoms with Crippen LogP contribution >= 0.6 is 23.1 Å². The molecule has 1 N–H and O–H groups in total. The van der Waals surface area contributed by atoms with E-state index in [1.54, 1.807) is 23.6 Å². The number of aryl methyl sites for hydroxylation is 1. The van der Waals surface area contributed by atoms with Crippen LogP contribution < -0.4 is 0 Å². The molecule has 9 heteroatoms. The molecule has 0 saturated heterocycles. The summed E-state index contributed by atoms with van der Waals surface area (Å²) in [6.07, 6.45) is 1.18. The summed E-state index contributed by atoms with van der Waals surface area (Å²) in [7, 11) is -3.54. The SMILES string of the molecule is Cc1ccc2c(c(Sc3nc(-c4ccccc4)cs3)c(C)n2CC(=O)O)c1S(C)(=O)=O. The first kappa shape index (κ1) is 21.6. The number of nitrogens with zero attached hydrogens (tertiary/aromatic N) is 2. The van der Waals surface area contributed by atoms with E-state index in [1.807, 2.05) is 42.6 Å². The van der Waals surface area contributed by atoms with Crippen molar-refractivity contribution in [2.45, 2.75) is 34.5 Å². The number of sulfone groups is 1. The highest BCUT2D eigenvalue weighted by atomic mass is 32.2. The summed E-state index contributed by atoms with van der Waals surface area (Å²) in [6, 6.07) is 13.3. The lowest BCUT2D eigenvalue weighted by Crippen LogP contribution is -2.10. The molecule has 0 aliphatic heterocycles. The molecule has 4 rings (SSSR count). The van der Waals surface area contributed by atoms with Crippen molar-refractivity contribution in [1.29, 1.82) is 0 Å². The number of aromatic nitrogens is 2. The monoisotopic (exact) mass is 472 g/mol. The fourth-order valence-corrected chi connectivity index (χ4v) is 7.00. The van der Waals surface area contributed by atoms with Gasteiger partial charge in [-0.15, -0.1) is 11.3 Å². The van der Waals surface area contributed by atoms with E-state index in [-0.39, 0.29) is 11.4 Å². The molecule has 4 aromatic rings. The minimum atomic E-state index is -3.54. The third-order valence-corrected chi connectivity index (χ3v) is 8.40. The Bertz CT molecular complexity index is 1400. The van der Waals surface area contributed by atoms with E-state index in [2.05, 4.69) is 0 Å². The summed E-state index contributed by atoms with van der Waals surface area (Å²) in [5.41, 5.74) is 3.78. The van der Waals surface area contributed by atoms with Crippen molar-refractivity contribution in [3.05, 3.63) is 59.1 Å². The summed E-state index contributed by atoms with van der Waals surface area (Å²) >= 11 is 2.85. The third kappa shape index (κ3) is 4.13. The van der Waals surface area contributed by atoms with Gasteiger partial charge in [-0.2, -0.15) is 0 Å². The maximum atomic E-state index is 12.7. The third-order valence-electron chi connectivity index (χ3n) is 4.99. The van der Waals surface area contributed by atoms with Gasteiger partial charge in [-0.1, -0.05) is 48.2 Å². The maximum Gasteiger partial charge on any atom is 0.323 e. The lowest BCUT2D eigenvalue weighted by atomic mass is 10.2. The minimum Gasteiger partial charge on any atom is -0.480 e. The average Bonchev–Trinajstić information content (AvgIpc) is 3.26. The maximum absolute atomic E-state index is 12.7. The van der Waals surface area contributed by atoms with Crippen molar-refractivity contribution in [1.82, 2.24) is 9.55 Å². The number of aliphatic carboxylic acids is 1. The number of carbonyl (C=O) groups is 1. The number of fused-ring (bicyclic) bond motifs is 1. The van der Waals surface area contributed by atoms with E-state index in [0.29, 0.717) is 27.1 Å². The van der Waals surface area contributed by atoms with Crippen molar-refractivity contribution >= 4 is 49.8 Å². The second-order valence-corrected chi connectivity index (χ2v) is 11.3. The van der Waals surface area contributed by atoms with Crippen LogP contribution in [-0.4, -0.2) is 35.3 Å². The predicted molar refractivity (Wildman–Crippen MR) is 124 cm³/mol. The molecule has 2 aromatic heterocycles. The normalized spacial score (nSPS) is 11.8. The highest BCUT2D eigenvalue weighted by Gasteiger charge is 2.25. The molecule has 0 radical (unpaired) electrons. The van der Waals surface area contributed by atoms with Crippen LogP contribution in [0, 0.1) is 13.8 Å². The molecule has 0 aliphatic carbocycles. The zero-order valence-electron chi connectivity index (χ0n) is 17.1. The summed E-state index contributed by atoms with van der Waals surface area (Å²) in [6.45, 7) is 3.33. The van der Waals surface area contributed by atoms with Crippen LogP contribution in [-0.2, 0) is 21.2 Å². The van der Waals surface area contributed by atoms with Crippen LogP contribution in [0.5, 0.6) is 0 Å². The van der Waals surface area contributed by atoms with E-state index in [4.69, 9.17) is 4.98 Å². The van der Waals surface area contributed by atoms with E-state index < -0.39 is 15.8 Å². The summed E-state index contributed by atoms with van der Waals surface area (Å²) in [5, 5.41) is 11.9. The molecule has 0 bridgehead atoms. The largest absolute Gasteiger partial charge is 0.480 e. The quantitative estimate of drug-likeness (QED) is 0.424. The Hall–Kier alpha value is -2.62. The molecule has 0 saturated carbocycles. The number of hydrogen-bond acceptors (Lipinski definition) is 6. The number of thiazole rings is 1. The molecule has 0 amide bonds. The Kier molecular flexibility index (Phi) is 5.67. The first-order chi connectivity index (χ1) is 14.7. The zero-order chi connectivity index (χ0) is 22.3. The van der Waals surface area contributed by atoms with Crippen LogP contribution in [0.4, 0.5) is 0 Å². The van der Waals surface area contributed by atoms with Crippen molar-refractivity contribution in [2.75, 3.05) is 6.26 Å². The highest BCUT2D eigenvalue weighted by Crippen LogP contribution is 2.43.